The Bertz CT molecular complexity index is 743. The zero-order chi connectivity index (χ0) is 17.9. The third kappa shape index (κ3) is 4.34. The summed E-state index contributed by atoms with van der Waals surface area (Å²) in [7, 11) is -3.47. The van der Waals surface area contributed by atoms with Crippen LogP contribution >= 0.6 is 11.3 Å². The van der Waals surface area contributed by atoms with E-state index in [0.29, 0.717) is 42.8 Å². The minimum Gasteiger partial charge on any atom is -0.491 e. The number of nitrogens with one attached hydrogen (secondary N) is 1. The Balaban J connectivity index is 1.59. The van der Waals surface area contributed by atoms with Crippen molar-refractivity contribution in [3.05, 3.63) is 29.0 Å². The van der Waals surface area contributed by atoms with E-state index >= 15 is 0 Å². The number of carbonyl (C=O) groups excluding carboxylic acids is 1. The van der Waals surface area contributed by atoms with Gasteiger partial charge in [0.1, 0.15) is 23.2 Å². The van der Waals surface area contributed by atoms with Gasteiger partial charge in [-0.2, -0.15) is 0 Å². The number of amides is 1. The number of carbonyl (C=O) groups is 1. The molecule has 1 atom stereocenters. The second kappa shape index (κ2) is 7.76. The topological polar surface area (TPSA) is 84.9 Å². The lowest BCUT2D eigenvalue weighted by Crippen LogP contribution is -2.45. The molecule has 1 saturated heterocycles. The smallest absolute Gasteiger partial charge is 0.292 e. The van der Waals surface area contributed by atoms with Crippen LogP contribution in [-0.2, 0) is 24.3 Å². The molecule has 0 saturated carbocycles. The van der Waals surface area contributed by atoms with Crippen LogP contribution in [0.2, 0.25) is 0 Å². The summed E-state index contributed by atoms with van der Waals surface area (Å²) in [5.74, 6) is 0.684. The molecule has 0 aliphatic carbocycles. The fourth-order valence-corrected chi connectivity index (χ4v) is 5.15. The second-order valence-corrected chi connectivity index (χ2v) is 9.07. The lowest BCUT2D eigenvalue weighted by molar-refractivity contribution is -0.134. The third-order valence-corrected chi connectivity index (χ3v) is 7.11. The van der Waals surface area contributed by atoms with Crippen LogP contribution in [0.3, 0.4) is 0 Å². The molecule has 9 heteroatoms. The number of likely N-dealkylation sites (tertiary alicyclic amines) is 1. The van der Waals surface area contributed by atoms with E-state index in [1.165, 1.54) is 11.3 Å². The number of thiophene rings is 1. The number of nitrogens with zero attached hydrogens (tertiary/aromatic N) is 1. The highest BCUT2D eigenvalue weighted by molar-refractivity contribution is 7.91. The van der Waals surface area contributed by atoms with Crippen LogP contribution in [0.15, 0.2) is 33.2 Å². The van der Waals surface area contributed by atoms with Crippen molar-refractivity contribution >= 4 is 27.3 Å². The Morgan fingerprint density at radius 3 is 2.92 bits per heavy atom. The van der Waals surface area contributed by atoms with E-state index in [-0.39, 0.29) is 17.6 Å². The van der Waals surface area contributed by atoms with Crippen molar-refractivity contribution < 1.29 is 22.7 Å². The van der Waals surface area contributed by atoms with Crippen molar-refractivity contribution in [2.75, 3.05) is 32.8 Å². The van der Waals surface area contributed by atoms with Gasteiger partial charge >= 0.3 is 0 Å². The van der Waals surface area contributed by atoms with Gasteiger partial charge in [0.25, 0.3) is 5.91 Å². The molecule has 2 aliphatic heterocycles. The molecular formula is C16H22N2O5S2. The zero-order valence-electron chi connectivity index (χ0n) is 14.1. The molecule has 7 nitrogen and oxygen atoms in total. The summed E-state index contributed by atoms with van der Waals surface area (Å²) < 4.78 is 38.2. The first kappa shape index (κ1) is 18.2. The highest BCUT2D eigenvalue weighted by Crippen LogP contribution is 2.22. The number of ether oxygens (including phenoxy) is 2. The van der Waals surface area contributed by atoms with E-state index in [0.717, 1.165) is 12.8 Å². The summed E-state index contributed by atoms with van der Waals surface area (Å²) in [4.78, 5) is 14.3. The number of sulfonamides is 1. The monoisotopic (exact) mass is 386 g/mol. The standard InChI is InChI=1S/C16H22N2O5S2/c1-12-15(23-8-7-22-12)16(19)18-6-2-4-13(11-18)10-17-25(20,21)14-5-3-9-24-14/h3,5,9,13,17H,2,4,6-8,10-11H2,1H3/t13-/m0/s1. The van der Waals surface area contributed by atoms with Gasteiger partial charge in [-0.15, -0.1) is 11.3 Å². The summed E-state index contributed by atoms with van der Waals surface area (Å²) in [5, 5.41) is 1.73. The third-order valence-electron chi connectivity index (χ3n) is 4.29. The molecule has 1 N–H and O–H groups in total. The van der Waals surface area contributed by atoms with Crippen molar-refractivity contribution in [2.24, 2.45) is 5.92 Å². The van der Waals surface area contributed by atoms with Gasteiger partial charge in [0, 0.05) is 19.6 Å². The van der Waals surface area contributed by atoms with Gasteiger partial charge in [-0.3, -0.25) is 4.79 Å². The molecule has 1 aromatic rings. The Labute approximate surface area is 151 Å². The molecule has 1 fully saturated rings. The maximum atomic E-state index is 12.6. The first-order chi connectivity index (χ1) is 12.0. The van der Waals surface area contributed by atoms with Crippen LogP contribution in [0.4, 0.5) is 0 Å². The van der Waals surface area contributed by atoms with Crippen molar-refractivity contribution in [3.63, 3.8) is 0 Å². The Morgan fingerprint density at radius 2 is 2.20 bits per heavy atom. The molecule has 0 spiro atoms. The van der Waals surface area contributed by atoms with E-state index in [4.69, 9.17) is 9.47 Å². The van der Waals surface area contributed by atoms with Crippen LogP contribution in [0.1, 0.15) is 19.8 Å². The summed E-state index contributed by atoms with van der Waals surface area (Å²) in [6.45, 7) is 4.02. The highest BCUT2D eigenvalue weighted by Gasteiger charge is 2.30. The van der Waals surface area contributed by atoms with Crippen molar-refractivity contribution in [2.45, 2.75) is 24.0 Å². The molecule has 0 radical (unpaired) electrons. The summed E-state index contributed by atoms with van der Waals surface area (Å²) in [6.07, 6.45) is 1.72. The average Bonchev–Trinajstić information content (AvgIpc) is 3.16. The molecule has 3 rings (SSSR count). The molecule has 0 bridgehead atoms. The predicted octanol–water partition coefficient (Wildman–Crippen LogP) is 1.54. The fourth-order valence-electron chi connectivity index (χ4n) is 2.99. The minimum atomic E-state index is -3.47. The largest absolute Gasteiger partial charge is 0.491 e. The maximum Gasteiger partial charge on any atom is 0.292 e. The molecule has 25 heavy (non-hydrogen) atoms. The van der Waals surface area contributed by atoms with E-state index < -0.39 is 10.0 Å². The quantitative estimate of drug-likeness (QED) is 0.830. The van der Waals surface area contributed by atoms with Crippen molar-refractivity contribution in [1.82, 2.24) is 9.62 Å². The van der Waals surface area contributed by atoms with E-state index in [1.54, 1.807) is 29.3 Å². The minimum absolute atomic E-state index is 0.0813. The Morgan fingerprint density at radius 1 is 1.40 bits per heavy atom. The van der Waals surface area contributed by atoms with Gasteiger partial charge in [-0.1, -0.05) is 6.07 Å². The predicted molar refractivity (Wildman–Crippen MR) is 93.4 cm³/mol. The summed E-state index contributed by atoms with van der Waals surface area (Å²) >= 11 is 1.19. The van der Waals surface area contributed by atoms with Gasteiger partial charge in [0.2, 0.25) is 15.8 Å². The lowest BCUT2D eigenvalue weighted by Gasteiger charge is -2.34. The van der Waals surface area contributed by atoms with Crippen LogP contribution in [0.25, 0.3) is 0 Å². The van der Waals surface area contributed by atoms with Gasteiger partial charge in [0.15, 0.2) is 0 Å². The van der Waals surface area contributed by atoms with Crippen LogP contribution in [0, 0.1) is 5.92 Å². The zero-order valence-corrected chi connectivity index (χ0v) is 15.7. The van der Waals surface area contributed by atoms with E-state index in [2.05, 4.69) is 4.72 Å². The molecule has 0 unspecified atom stereocenters. The normalized spacial score (nSPS) is 21.6. The fraction of sp³-hybridized carbons (Fsp3) is 0.562. The van der Waals surface area contributed by atoms with Crippen LogP contribution in [-0.4, -0.2) is 52.1 Å². The number of rotatable bonds is 5. The van der Waals surface area contributed by atoms with E-state index in [9.17, 15) is 13.2 Å². The SMILES string of the molecule is CC1=C(C(=O)N2CCC[C@@H](CNS(=O)(=O)c3cccs3)C2)OCCO1. The Hall–Kier alpha value is -1.58. The second-order valence-electron chi connectivity index (χ2n) is 6.13. The van der Waals surface area contributed by atoms with Crippen LogP contribution in [0.5, 0.6) is 0 Å². The first-order valence-electron chi connectivity index (χ1n) is 8.26. The number of allylic oxidation sites excluding steroid dienone is 1. The molecule has 1 amide bonds. The lowest BCUT2D eigenvalue weighted by atomic mass is 9.98. The average molecular weight is 386 g/mol. The molecule has 138 valence electrons. The highest BCUT2D eigenvalue weighted by atomic mass is 32.2. The Kier molecular flexibility index (Phi) is 5.65. The maximum absolute atomic E-state index is 12.6. The number of piperidine rings is 1. The molecule has 0 aromatic carbocycles. The van der Waals surface area contributed by atoms with Crippen molar-refractivity contribution in [3.8, 4) is 0 Å². The molecule has 3 heterocycles. The van der Waals surface area contributed by atoms with Crippen molar-refractivity contribution in [1.29, 1.82) is 0 Å². The summed E-state index contributed by atoms with van der Waals surface area (Å²) in [5.41, 5.74) is 0. The molecule has 2 aliphatic rings. The first-order valence-corrected chi connectivity index (χ1v) is 10.6. The number of hydrogen-bond acceptors (Lipinski definition) is 6. The molecular weight excluding hydrogens is 364 g/mol. The van der Waals surface area contributed by atoms with Gasteiger partial charge in [-0.25, -0.2) is 13.1 Å². The number of hydrogen-bond donors (Lipinski definition) is 1. The summed E-state index contributed by atoms with van der Waals surface area (Å²) in [6, 6.07) is 3.29. The van der Waals surface area contributed by atoms with Gasteiger partial charge in [0.05, 0.1) is 0 Å². The van der Waals surface area contributed by atoms with Gasteiger partial charge < -0.3 is 14.4 Å². The van der Waals surface area contributed by atoms with E-state index in [1.807, 2.05) is 0 Å². The van der Waals surface area contributed by atoms with Crippen LogP contribution < -0.4 is 4.72 Å². The molecule has 1 aromatic heterocycles. The van der Waals surface area contributed by atoms with Gasteiger partial charge in [-0.05, 0) is 37.1 Å².